The molecule has 2 aliphatic rings. The smallest absolute Gasteiger partial charge is 0.187 e. The minimum atomic E-state index is -1.11. The number of benzene rings is 1. The Morgan fingerprint density at radius 2 is 1.91 bits per heavy atom. The molecule has 0 spiro atoms. The van der Waals surface area contributed by atoms with Crippen molar-refractivity contribution in [2.45, 2.75) is 56.9 Å². The molecular weight excluding hydrogens is 288 g/mol. The Kier molecular flexibility index (Phi) is 4.49. The highest BCUT2D eigenvalue weighted by molar-refractivity contribution is 5.13. The van der Waals surface area contributed by atoms with E-state index in [1.165, 1.54) is 0 Å². The summed E-state index contributed by atoms with van der Waals surface area (Å²) in [5, 5.41) is 20.3. The predicted octanol–water partition coefficient (Wildman–Crippen LogP) is 0.801. The average Bonchev–Trinajstić information content (AvgIpc) is 2.99. The quantitative estimate of drug-likeness (QED) is 0.857. The van der Waals surface area contributed by atoms with E-state index in [4.69, 9.17) is 18.9 Å². The van der Waals surface area contributed by atoms with Crippen LogP contribution in [0.2, 0.25) is 0 Å². The van der Waals surface area contributed by atoms with E-state index in [0.29, 0.717) is 13.2 Å². The molecule has 0 radical (unpaired) electrons. The van der Waals surface area contributed by atoms with E-state index in [-0.39, 0.29) is 0 Å². The molecule has 0 bridgehead atoms. The number of hydrogen-bond donors (Lipinski definition) is 2. The summed E-state index contributed by atoms with van der Waals surface area (Å²) in [6.45, 7) is 4.21. The number of aliphatic hydroxyl groups excluding tert-OH is 2. The normalized spacial score (nSPS) is 37.5. The number of hydrogen-bond acceptors (Lipinski definition) is 6. The van der Waals surface area contributed by atoms with E-state index in [1.807, 2.05) is 30.3 Å². The first kappa shape index (κ1) is 15.9. The molecule has 0 amide bonds. The molecule has 3 rings (SSSR count). The van der Waals surface area contributed by atoms with Crippen LogP contribution < -0.4 is 0 Å². The fourth-order valence-electron chi connectivity index (χ4n) is 2.75. The van der Waals surface area contributed by atoms with Crippen molar-refractivity contribution in [3.8, 4) is 0 Å². The summed E-state index contributed by atoms with van der Waals surface area (Å²) in [7, 11) is 0. The first-order chi connectivity index (χ1) is 10.5. The van der Waals surface area contributed by atoms with Gasteiger partial charge in [0.15, 0.2) is 12.1 Å². The Bertz CT molecular complexity index is 491. The van der Waals surface area contributed by atoms with Crippen molar-refractivity contribution in [1.29, 1.82) is 0 Å². The molecule has 2 fully saturated rings. The lowest BCUT2D eigenvalue weighted by molar-refractivity contribution is -0.197. The lowest BCUT2D eigenvalue weighted by atomic mass is 10.1. The van der Waals surface area contributed by atoms with Crippen LogP contribution in [0.1, 0.15) is 19.4 Å². The van der Waals surface area contributed by atoms with Gasteiger partial charge in [0.2, 0.25) is 0 Å². The van der Waals surface area contributed by atoms with Gasteiger partial charge in [0, 0.05) is 0 Å². The fraction of sp³-hybridized carbons (Fsp3) is 0.625. The standard InChI is InChI=1S/C16H22O6/c1-16(2)20-9-11(22-16)14-12(17)13(18)15(21-14)19-8-10-6-4-3-5-7-10/h3-7,11-15,17-18H,8-9H2,1-2H3/t11-,12-,13-,14+,15+/m1/s1. The number of aliphatic hydroxyl groups is 2. The number of ether oxygens (including phenoxy) is 4. The summed E-state index contributed by atoms with van der Waals surface area (Å²) in [6.07, 6.45) is -4.15. The Morgan fingerprint density at radius 3 is 2.55 bits per heavy atom. The zero-order chi connectivity index (χ0) is 15.7. The first-order valence-corrected chi connectivity index (χ1v) is 7.45. The summed E-state index contributed by atoms with van der Waals surface area (Å²) < 4.78 is 22.4. The van der Waals surface area contributed by atoms with Crippen LogP contribution in [0.15, 0.2) is 30.3 Å². The predicted molar refractivity (Wildman–Crippen MR) is 76.8 cm³/mol. The second kappa shape index (κ2) is 6.23. The molecule has 122 valence electrons. The molecule has 0 aliphatic carbocycles. The van der Waals surface area contributed by atoms with Gasteiger partial charge < -0.3 is 29.2 Å². The average molecular weight is 310 g/mol. The van der Waals surface area contributed by atoms with E-state index in [9.17, 15) is 10.2 Å². The number of rotatable bonds is 4. The van der Waals surface area contributed by atoms with Gasteiger partial charge in [-0.25, -0.2) is 0 Å². The van der Waals surface area contributed by atoms with Crippen molar-refractivity contribution in [3.05, 3.63) is 35.9 Å². The molecule has 6 nitrogen and oxygen atoms in total. The molecular formula is C16H22O6. The zero-order valence-corrected chi connectivity index (χ0v) is 12.7. The molecule has 5 atom stereocenters. The van der Waals surface area contributed by atoms with Gasteiger partial charge >= 0.3 is 0 Å². The highest BCUT2D eigenvalue weighted by Crippen LogP contribution is 2.32. The fourth-order valence-corrected chi connectivity index (χ4v) is 2.75. The van der Waals surface area contributed by atoms with Gasteiger partial charge in [0.05, 0.1) is 13.2 Å². The molecule has 2 aliphatic heterocycles. The molecule has 0 aromatic heterocycles. The van der Waals surface area contributed by atoms with Gasteiger partial charge in [-0.1, -0.05) is 30.3 Å². The molecule has 1 aromatic rings. The van der Waals surface area contributed by atoms with Gasteiger partial charge in [-0.3, -0.25) is 0 Å². The highest BCUT2D eigenvalue weighted by atomic mass is 16.8. The minimum Gasteiger partial charge on any atom is -0.387 e. The van der Waals surface area contributed by atoms with Crippen molar-refractivity contribution in [2.75, 3.05) is 6.61 Å². The van der Waals surface area contributed by atoms with Crippen LogP contribution in [-0.2, 0) is 25.6 Å². The van der Waals surface area contributed by atoms with Crippen LogP contribution in [-0.4, -0.2) is 53.3 Å². The maximum Gasteiger partial charge on any atom is 0.187 e. The third-order valence-corrected chi connectivity index (χ3v) is 3.91. The molecule has 6 heteroatoms. The summed E-state index contributed by atoms with van der Waals surface area (Å²) in [6, 6.07) is 9.59. The van der Waals surface area contributed by atoms with E-state index in [0.717, 1.165) is 5.56 Å². The summed E-state index contributed by atoms with van der Waals surface area (Å²) >= 11 is 0. The zero-order valence-electron chi connectivity index (χ0n) is 12.7. The van der Waals surface area contributed by atoms with E-state index in [2.05, 4.69) is 0 Å². The van der Waals surface area contributed by atoms with Crippen LogP contribution in [0.25, 0.3) is 0 Å². The maximum absolute atomic E-state index is 10.2. The van der Waals surface area contributed by atoms with Crippen molar-refractivity contribution >= 4 is 0 Å². The third-order valence-electron chi connectivity index (χ3n) is 3.91. The van der Waals surface area contributed by atoms with Crippen LogP contribution in [0.3, 0.4) is 0 Å². The van der Waals surface area contributed by atoms with Gasteiger partial charge in [0.1, 0.15) is 24.4 Å². The van der Waals surface area contributed by atoms with Crippen molar-refractivity contribution < 1.29 is 29.2 Å². The Hall–Kier alpha value is -1.02. The summed E-state index contributed by atoms with van der Waals surface area (Å²) in [5.74, 6) is -0.707. The van der Waals surface area contributed by atoms with Gasteiger partial charge in [-0.2, -0.15) is 0 Å². The van der Waals surface area contributed by atoms with E-state index >= 15 is 0 Å². The summed E-state index contributed by atoms with van der Waals surface area (Å²) in [4.78, 5) is 0. The lowest BCUT2D eigenvalue weighted by Crippen LogP contribution is -2.40. The Labute approximate surface area is 129 Å². The van der Waals surface area contributed by atoms with Gasteiger partial charge in [-0.05, 0) is 19.4 Å². The van der Waals surface area contributed by atoms with Crippen molar-refractivity contribution in [2.24, 2.45) is 0 Å². The Morgan fingerprint density at radius 1 is 1.18 bits per heavy atom. The van der Waals surface area contributed by atoms with Crippen LogP contribution in [0.5, 0.6) is 0 Å². The molecule has 1 aromatic carbocycles. The van der Waals surface area contributed by atoms with Crippen LogP contribution in [0, 0.1) is 0 Å². The SMILES string of the molecule is CC1(C)OC[C@H]([C@@H]2O[C@H](OCc3ccccc3)[C@H](O)[C@H]2O)O1. The van der Waals surface area contributed by atoms with Crippen molar-refractivity contribution in [1.82, 2.24) is 0 Å². The molecule has 22 heavy (non-hydrogen) atoms. The van der Waals surface area contributed by atoms with E-state index < -0.39 is 36.5 Å². The first-order valence-electron chi connectivity index (χ1n) is 7.45. The van der Waals surface area contributed by atoms with Crippen molar-refractivity contribution in [3.63, 3.8) is 0 Å². The molecule has 2 heterocycles. The van der Waals surface area contributed by atoms with E-state index in [1.54, 1.807) is 13.8 Å². The minimum absolute atomic E-state index is 0.301. The third kappa shape index (κ3) is 3.32. The second-order valence-electron chi connectivity index (χ2n) is 6.11. The van der Waals surface area contributed by atoms with Crippen LogP contribution in [0.4, 0.5) is 0 Å². The largest absolute Gasteiger partial charge is 0.387 e. The Balaban J connectivity index is 1.58. The molecule has 2 N–H and O–H groups in total. The maximum atomic E-state index is 10.2. The monoisotopic (exact) mass is 310 g/mol. The second-order valence-corrected chi connectivity index (χ2v) is 6.11. The highest BCUT2D eigenvalue weighted by Gasteiger charge is 2.50. The molecule has 0 saturated carbocycles. The lowest BCUT2D eigenvalue weighted by Gasteiger charge is -2.22. The topological polar surface area (TPSA) is 77.4 Å². The summed E-state index contributed by atoms with van der Waals surface area (Å²) in [5.41, 5.74) is 0.970. The van der Waals surface area contributed by atoms with Gasteiger partial charge in [-0.15, -0.1) is 0 Å². The molecule has 0 unspecified atom stereocenters. The van der Waals surface area contributed by atoms with Gasteiger partial charge in [0.25, 0.3) is 0 Å². The van der Waals surface area contributed by atoms with Crippen LogP contribution >= 0.6 is 0 Å². The molecule has 2 saturated heterocycles.